The van der Waals surface area contributed by atoms with Crippen molar-refractivity contribution in [2.24, 2.45) is 5.92 Å². The second kappa shape index (κ2) is 8.71. The van der Waals surface area contributed by atoms with Crippen molar-refractivity contribution in [1.29, 1.82) is 0 Å². The van der Waals surface area contributed by atoms with E-state index < -0.39 is 6.04 Å². The third kappa shape index (κ3) is 4.67. The topological polar surface area (TPSA) is 52.7 Å². The molecule has 5 nitrogen and oxygen atoms in total. The highest BCUT2D eigenvalue weighted by molar-refractivity contribution is 5.97. The second-order valence-electron chi connectivity index (χ2n) is 7.21. The van der Waals surface area contributed by atoms with Crippen LogP contribution in [0.4, 0.5) is 5.69 Å². The molecule has 0 unspecified atom stereocenters. The number of rotatable bonds is 5. The third-order valence-corrected chi connectivity index (χ3v) is 4.97. The van der Waals surface area contributed by atoms with Crippen LogP contribution in [0.5, 0.6) is 0 Å². The molecule has 0 aromatic heterocycles. The quantitative estimate of drug-likeness (QED) is 0.886. The van der Waals surface area contributed by atoms with Gasteiger partial charge in [0.05, 0.1) is 0 Å². The Morgan fingerprint density at radius 1 is 0.852 bits per heavy atom. The lowest BCUT2D eigenvalue weighted by Crippen LogP contribution is -2.56. The highest BCUT2D eigenvalue weighted by Crippen LogP contribution is 2.17. The molecule has 1 aliphatic heterocycles. The van der Waals surface area contributed by atoms with Gasteiger partial charge in [-0.05, 0) is 30.2 Å². The second-order valence-corrected chi connectivity index (χ2v) is 7.21. The first kappa shape index (κ1) is 19.0. The largest absolute Gasteiger partial charge is 0.368 e. The zero-order valence-electron chi connectivity index (χ0n) is 16.0. The van der Waals surface area contributed by atoms with Crippen LogP contribution in [0.1, 0.15) is 24.2 Å². The Kier molecular flexibility index (Phi) is 6.12. The summed E-state index contributed by atoms with van der Waals surface area (Å²) in [5, 5.41) is 2.93. The normalized spacial score (nSPS) is 15.5. The fourth-order valence-corrected chi connectivity index (χ4v) is 3.35. The van der Waals surface area contributed by atoms with Crippen LogP contribution in [0.3, 0.4) is 0 Å². The van der Waals surface area contributed by atoms with Gasteiger partial charge in [0.15, 0.2) is 0 Å². The molecule has 3 rings (SSSR count). The van der Waals surface area contributed by atoms with E-state index in [9.17, 15) is 9.59 Å². The number of hydrogen-bond acceptors (Lipinski definition) is 3. The molecule has 0 bridgehead atoms. The first-order chi connectivity index (χ1) is 13.1. The Bertz CT molecular complexity index is 754. The summed E-state index contributed by atoms with van der Waals surface area (Å²) in [6.07, 6.45) is 0. The van der Waals surface area contributed by atoms with Gasteiger partial charge in [-0.25, -0.2) is 0 Å². The van der Waals surface area contributed by atoms with Crippen molar-refractivity contribution >= 4 is 17.5 Å². The summed E-state index contributed by atoms with van der Waals surface area (Å²) >= 11 is 0. The number of carbonyl (C=O) groups excluding carboxylic acids is 2. The Morgan fingerprint density at radius 3 is 1.96 bits per heavy atom. The van der Waals surface area contributed by atoms with Crippen LogP contribution >= 0.6 is 0 Å². The maximum atomic E-state index is 13.0. The van der Waals surface area contributed by atoms with Crippen LogP contribution in [0, 0.1) is 5.92 Å². The van der Waals surface area contributed by atoms with Crippen molar-refractivity contribution in [3.05, 3.63) is 66.2 Å². The number of carbonyl (C=O) groups is 2. The molecule has 2 amide bonds. The molecule has 0 spiro atoms. The molecular formula is C22H27N3O2. The van der Waals surface area contributed by atoms with Gasteiger partial charge in [0.1, 0.15) is 6.04 Å². The number of benzene rings is 2. The minimum Gasteiger partial charge on any atom is -0.368 e. The van der Waals surface area contributed by atoms with Gasteiger partial charge in [-0.2, -0.15) is 0 Å². The van der Waals surface area contributed by atoms with Gasteiger partial charge in [-0.3, -0.25) is 9.59 Å². The van der Waals surface area contributed by atoms with E-state index >= 15 is 0 Å². The summed E-state index contributed by atoms with van der Waals surface area (Å²) in [6.45, 7) is 6.86. The molecule has 1 aliphatic rings. The Hall–Kier alpha value is -2.82. The van der Waals surface area contributed by atoms with Gasteiger partial charge in [-0.1, -0.05) is 50.2 Å². The first-order valence-corrected chi connectivity index (χ1v) is 9.51. The molecular weight excluding hydrogens is 338 g/mol. The van der Waals surface area contributed by atoms with Crippen molar-refractivity contribution in [3.8, 4) is 0 Å². The summed E-state index contributed by atoms with van der Waals surface area (Å²) in [5.74, 6) is -0.176. The summed E-state index contributed by atoms with van der Waals surface area (Å²) in [6, 6.07) is 18.8. The molecule has 0 saturated carbocycles. The van der Waals surface area contributed by atoms with E-state index in [0.29, 0.717) is 18.7 Å². The van der Waals surface area contributed by atoms with Gasteiger partial charge in [0.2, 0.25) is 5.91 Å². The van der Waals surface area contributed by atoms with Crippen molar-refractivity contribution in [1.82, 2.24) is 10.2 Å². The Morgan fingerprint density at radius 2 is 1.41 bits per heavy atom. The van der Waals surface area contributed by atoms with Crippen molar-refractivity contribution < 1.29 is 9.59 Å². The molecule has 1 fully saturated rings. The predicted octanol–water partition coefficient (Wildman–Crippen LogP) is 2.79. The van der Waals surface area contributed by atoms with Gasteiger partial charge < -0.3 is 15.1 Å². The molecule has 2 aromatic carbocycles. The molecule has 2 aromatic rings. The number of nitrogens with zero attached hydrogens (tertiary/aromatic N) is 2. The average molecular weight is 365 g/mol. The number of piperazine rings is 1. The molecule has 1 atom stereocenters. The lowest BCUT2D eigenvalue weighted by molar-refractivity contribution is -0.134. The minimum atomic E-state index is -0.513. The minimum absolute atomic E-state index is 0.00185. The predicted molar refractivity (Wildman–Crippen MR) is 108 cm³/mol. The zero-order valence-corrected chi connectivity index (χ0v) is 16.0. The third-order valence-electron chi connectivity index (χ3n) is 4.97. The lowest BCUT2D eigenvalue weighted by Gasteiger charge is -2.38. The number of amides is 2. The summed E-state index contributed by atoms with van der Waals surface area (Å²) in [5.41, 5.74) is 1.76. The Balaban J connectivity index is 1.61. The fraction of sp³-hybridized carbons (Fsp3) is 0.364. The molecule has 1 saturated heterocycles. The van der Waals surface area contributed by atoms with Crippen LogP contribution in [0.2, 0.25) is 0 Å². The van der Waals surface area contributed by atoms with Crippen molar-refractivity contribution in [2.75, 3.05) is 31.1 Å². The molecule has 1 N–H and O–H groups in total. The smallest absolute Gasteiger partial charge is 0.251 e. The van der Waals surface area contributed by atoms with Crippen LogP contribution < -0.4 is 10.2 Å². The number of para-hydroxylation sites is 1. The SMILES string of the molecule is CC(C)[C@@H](NC(=O)c1ccccc1)C(=O)N1CCN(c2ccccc2)CC1. The van der Waals surface area contributed by atoms with Gasteiger partial charge in [0.25, 0.3) is 5.91 Å². The van der Waals surface area contributed by atoms with E-state index in [2.05, 4.69) is 22.3 Å². The number of anilines is 1. The van der Waals surface area contributed by atoms with Crippen LogP contribution in [-0.4, -0.2) is 48.9 Å². The summed E-state index contributed by atoms with van der Waals surface area (Å²) in [4.78, 5) is 29.7. The Labute approximate surface area is 161 Å². The molecule has 5 heteroatoms. The van der Waals surface area contributed by atoms with E-state index in [0.717, 1.165) is 13.1 Å². The fourth-order valence-electron chi connectivity index (χ4n) is 3.35. The monoisotopic (exact) mass is 365 g/mol. The molecule has 0 radical (unpaired) electrons. The highest BCUT2D eigenvalue weighted by Gasteiger charge is 2.30. The van der Waals surface area contributed by atoms with E-state index in [1.165, 1.54) is 5.69 Å². The maximum Gasteiger partial charge on any atom is 0.251 e. The number of hydrogen-bond donors (Lipinski definition) is 1. The average Bonchev–Trinajstić information content (AvgIpc) is 2.72. The molecule has 1 heterocycles. The van der Waals surface area contributed by atoms with Crippen LogP contribution in [0.15, 0.2) is 60.7 Å². The standard InChI is InChI=1S/C22H27N3O2/c1-17(2)20(23-21(26)18-9-5-3-6-10-18)22(27)25-15-13-24(14-16-25)19-11-7-4-8-12-19/h3-12,17,20H,13-16H2,1-2H3,(H,23,26)/t20-/m1/s1. The van der Waals surface area contributed by atoms with Crippen LogP contribution in [-0.2, 0) is 4.79 Å². The van der Waals surface area contributed by atoms with Crippen LogP contribution in [0.25, 0.3) is 0 Å². The molecule has 0 aliphatic carbocycles. The highest BCUT2D eigenvalue weighted by atomic mass is 16.2. The lowest BCUT2D eigenvalue weighted by atomic mass is 10.0. The van der Waals surface area contributed by atoms with E-state index in [1.807, 2.05) is 55.1 Å². The maximum absolute atomic E-state index is 13.0. The van der Waals surface area contributed by atoms with Crippen molar-refractivity contribution in [3.63, 3.8) is 0 Å². The molecule has 27 heavy (non-hydrogen) atoms. The zero-order chi connectivity index (χ0) is 19.2. The van der Waals surface area contributed by atoms with E-state index in [1.54, 1.807) is 12.1 Å². The summed E-state index contributed by atoms with van der Waals surface area (Å²) < 4.78 is 0. The van der Waals surface area contributed by atoms with Gasteiger partial charge in [-0.15, -0.1) is 0 Å². The van der Waals surface area contributed by atoms with Gasteiger partial charge >= 0.3 is 0 Å². The summed E-state index contributed by atoms with van der Waals surface area (Å²) in [7, 11) is 0. The van der Waals surface area contributed by atoms with E-state index in [4.69, 9.17) is 0 Å². The molecule has 142 valence electrons. The number of nitrogens with one attached hydrogen (secondary N) is 1. The first-order valence-electron chi connectivity index (χ1n) is 9.51. The van der Waals surface area contributed by atoms with Gasteiger partial charge in [0, 0.05) is 37.4 Å². The van der Waals surface area contributed by atoms with Crippen molar-refractivity contribution in [2.45, 2.75) is 19.9 Å². The van der Waals surface area contributed by atoms with E-state index in [-0.39, 0.29) is 17.7 Å².